The normalized spacial score (nSPS) is 16.6. The van der Waals surface area contributed by atoms with Crippen molar-refractivity contribution in [2.45, 2.75) is 117 Å². The van der Waals surface area contributed by atoms with Crippen LogP contribution >= 0.6 is 0 Å². The molecule has 0 aromatic rings. The Labute approximate surface area is 262 Å². The van der Waals surface area contributed by atoms with E-state index in [9.17, 15) is 43.2 Å². The summed E-state index contributed by atoms with van der Waals surface area (Å²) in [4.78, 5) is 107. The van der Waals surface area contributed by atoms with Gasteiger partial charge in [0.1, 0.15) is 6.10 Å². The second-order valence-electron chi connectivity index (χ2n) is 9.65. The zero-order chi connectivity index (χ0) is 36.0. The fraction of sp³-hybridized carbons (Fsp3) is 0.667. The van der Waals surface area contributed by atoms with E-state index in [2.05, 4.69) is 9.47 Å². The molecule has 19 heteroatoms. The van der Waals surface area contributed by atoms with E-state index in [0.717, 1.165) is 62.3 Å². The fourth-order valence-corrected chi connectivity index (χ4v) is 2.55. The van der Waals surface area contributed by atoms with E-state index in [0.29, 0.717) is 0 Å². The topological polar surface area (TPSA) is 268 Å². The Kier molecular flexibility index (Phi) is 16.9. The fourth-order valence-electron chi connectivity index (χ4n) is 2.55. The highest BCUT2D eigenvalue weighted by Gasteiger charge is 2.33. The average molecular weight is 667 g/mol. The molecule has 0 bridgehead atoms. The van der Waals surface area contributed by atoms with Gasteiger partial charge in [0.05, 0.1) is 0 Å². The highest BCUT2D eigenvalue weighted by atomic mass is 16.7. The van der Waals surface area contributed by atoms with Gasteiger partial charge in [0.2, 0.25) is 0 Å². The molecule has 0 unspecified atom stereocenters. The van der Waals surface area contributed by atoms with Gasteiger partial charge >= 0.3 is 53.7 Å². The molecule has 0 aromatic carbocycles. The summed E-state index contributed by atoms with van der Waals surface area (Å²) in [5.41, 5.74) is 0. The molecule has 260 valence electrons. The van der Waals surface area contributed by atoms with E-state index in [-0.39, 0.29) is 0 Å². The maximum atomic E-state index is 12.3. The van der Waals surface area contributed by atoms with Gasteiger partial charge in [0.15, 0.2) is 48.8 Å². The first-order valence-corrected chi connectivity index (χ1v) is 13.6. The van der Waals surface area contributed by atoms with Crippen molar-refractivity contribution < 1.29 is 91.3 Å². The van der Waals surface area contributed by atoms with E-state index >= 15 is 0 Å². The summed E-state index contributed by atoms with van der Waals surface area (Å²) >= 11 is 0. The van der Waals surface area contributed by atoms with Crippen LogP contribution in [0.25, 0.3) is 0 Å². The molecule has 2 N–H and O–H groups in total. The van der Waals surface area contributed by atoms with Gasteiger partial charge < -0.3 is 48.1 Å². The van der Waals surface area contributed by atoms with Gasteiger partial charge in [-0.1, -0.05) is 0 Å². The van der Waals surface area contributed by atoms with Crippen molar-refractivity contribution in [1.29, 1.82) is 0 Å². The van der Waals surface area contributed by atoms with Crippen molar-refractivity contribution in [3.05, 3.63) is 0 Å². The quantitative estimate of drug-likeness (QED) is 0.138. The van der Waals surface area contributed by atoms with E-state index in [1.807, 2.05) is 0 Å². The molecule has 0 radical (unpaired) electrons. The predicted octanol–water partition coefficient (Wildman–Crippen LogP) is -1.09. The number of esters is 8. The minimum absolute atomic E-state index is 1.07. The molecule has 0 aliphatic carbocycles. The monoisotopic (exact) mass is 666 g/mol. The Hall–Kier alpha value is -4.81. The molecule has 0 amide bonds. The number of carboxylic acid groups (broad SMARTS) is 1. The van der Waals surface area contributed by atoms with Crippen LogP contribution in [0.5, 0.6) is 0 Å². The third kappa shape index (κ3) is 14.3. The number of rotatable bonds is 17. The second-order valence-corrected chi connectivity index (χ2v) is 9.65. The van der Waals surface area contributed by atoms with Gasteiger partial charge in [-0.25, -0.2) is 43.2 Å². The van der Waals surface area contributed by atoms with Gasteiger partial charge in [0, 0.05) is 0 Å². The SMILES string of the molecule is C[C@H](O)C(=O)O[C@@H](C)C(=O)O[C@@H](C)C(=O)O[C@@H](C)C(=O)O[C@@H](C)C(=O)O[C@@H](C)C(=O)O[C@@H](C)C(=O)O[C@@H](C)C(=O)O[C@@H](C)C(=O)O. The van der Waals surface area contributed by atoms with E-state index in [4.69, 9.17) is 38.6 Å². The first kappa shape index (κ1) is 41.2. The Bertz CT molecular complexity index is 1160. The van der Waals surface area contributed by atoms with Gasteiger partial charge in [-0.2, -0.15) is 0 Å². The summed E-state index contributed by atoms with van der Waals surface area (Å²) in [6.07, 6.45) is -14.1. The molecule has 19 nitrogen and oxygen atoms in total. The number of carbonyl (C=O) groups is 9. The number of ether oxygens (including phenoxy) is 8. The van der Waals surface area contributed by atoms with Crippen LogP contribution in [-0.2, 0) is 81.0 Å². The van der Waals surface area contributed by atoms with Crippen LogP contribution in [0.3, 0.4) is 0 Å². The number of hydrogen-bond donors (Lipinski definition) is 2. The highest BCUT2D eigenvalue weighted by Crippen LogP contribution is 2.10. The standard InChI is InChI=1S/C27H38O19/c1-10(28)20(31)40-12(3)22(33)42-14(5)24(35)44-16(7)26(37)46-18(9)27(38)45-17(8)25(36)43-15(6)23(34)41-13(4)21(32)39-11(2)19(29)30/h10-18,28H,1-9H3,(H,29,30)/t10-,11-,12-,13-,14-,15-,16-,17-,18-/m0/s1. The summed E-state index contributed by atoms with van der Waals surface area (Å²) in [5.74, 6) is -11.0. The van der Waals surface area contributed by atoms with Crippen LogP contribution < -0.4 is 0 Å². The maximum Gasteiger partial charge on any atom is 0.347 e. The van der Waals surface area contributed by atoms with E-state index in [1.54, 1.807) is 0 Å². The largest absolute Gasteiger partial charge is 0.479 e. The molecule has 0 aliphatic rings. The van der Waals surface area contributed by atoms with Gasteiger partial charge in [-0.05, 0) is 62.3 Å². The molecule has 0 aromatic heterocycles. The number of aliphatic hydroxyl groups excluding tert-OH is 1. The van der Waals surface area contributed by atoms with Gasteiger partial charge in [-0.3, -0.25) is 0 Å². The van der Waals surface area contributed by atoms with Gasteiger partial charge in [0.25, 0.3) is 0 Å². The number of carboxylic acids is 1. The van der Waals surface area contributed by atoms with Crippen molar-refractivity contribution in [3.8, 4) is 0 Å². The second kappa shape index (κ2) is 18.9. The molecule has 0 aliphatic heterocycles. The lowest BCUT2D eigenvalue weighted by Crippen LogP contribution is -2.39. The van der Waals surface area contributed by atoms with Crippen LogP contribution in [0, 0.1) is 0 Å². The molecular formula is C27H38O19. The molecular weight excluding hydrogens is 628 g/mol. The lowest BCUT2D eigenvalue weighted by Gasteiger charge is -2.21. The first-order valence-electron chi connectivity index (χ1n) is 13.6. The smallest absolute Gasteiger partial charge is 0.347 e. The van der Waals surface area contributed by atoms with Crippen molar-refractivity contribution in [3.63, 3.8) is 0 Å². The van der Waals surface area contributed by atoms with Crippen LogP contribution in [0.15, 0.2) is 0 Å². The summed E-state index contributed by atoms with van der Waals surface area (Å²) < 4.78 is 38.2. The van der Waals surface area contributed by atoms with Crippen LogP contribution in [-0.4, -0.2) is 119 Å². The van der Waals surface area contributed by atoms with E-state index < -0.39 is 109 Å². The maximum absolute atomic E-state index is 12.3. The number of carbonyl (C=O) groups excluding carboxylic acids is 8. The summed E-state index contributed by atoms with van der Waals surface area (Å²) in [6, 6.07) is 0. The zero-order valence-corrected chi connectivity index (χ0v) is 26.5. The van der Waals surface area contributed by atoms with Crippen LogP contribution in [0.1, 0.15) is 62.3 Å². The molecule has 0 saturated carbocycles. The number of hydrogen-bond acceptors (Lipinski definition) is 18. The van der Waals surface area contributed by atoms with Crippen molar-refractivity contribution in [1.82, 2.24) is 0 Å². The molecule has 9 atom stereocenters. The molecule has 46 heavy (non-hydrogen) atoms. The third-order valence-electron chi connectivity index (χ3n) is 5.36. The first-order chi connectivity index (χ1) is 21.1. The minimum Gasteiger partial charge on any atom is -0.479 e. The average Bonchev–Trinajstić information content (AvgIpc) is 2.95. The Morgan fingerprint density at radius 1 is 0.326 bits per heavy atom. The summed E-state index contributed by atoms with van der Waals surface area (Å²) in [5, 5.41) is 17.9. The number of aliphatic hydroxyl groups is 1. The molecule has 0 heterocycles. The highest BCUT2D eigenvalue weighted by molar-refractivity contribution is 5.88. The van der Waals surface area contributed by atoms with Gasteiger partial charge in [-0.15, -0.1) is 0 Å². The molecule has 0 fully saturated rings. The Morgan fingerprint density at radius 2 is 0.478 bits per heavy atom. The lowest BCUT2D eigenvalue weighted by atomic mass is 10.3. The van der Waals surface area contributed by atoms with Crippen LogP contribution in [0.4, 0.5) is 0 Å². The molecule has 0 spiro atoms. The molecule has 0 saturated heterocycles. The Morgan fingerprint density at radius 3 is 0.630 bits per heavy atom. The van der Waals surface area contributed by atoms with Crippen molar-refractivity contribution in [2.75, 3.05) is 0 Å². The predicted molar refractivity (Wildman–Crippen MR) is 144 cm³/mol. The van der Waals surface area contributed by atoms with Crippen LogP contribution in [0.2, 0.25) is 0 Å². The number of aliphatic carboxylic acids is 1. The van der Waals surface area contributed by atoms with Crippen molar-refractivity contribution >= 4 is 53.7 Å². The van der Waals surface area contributed by atoms with E-state index in [1.165, 1.54) is 0 Å². The third-order valence-corrected chi connectivity index (χ3v) is 5.36. The van der Waals surface area contributed by atoms with Crippen molar-refractivity contribution in [2.24, 2.45) is 0 Å². The molecule has 0 rings (SSSR count). The minimum atomic E-state index is -1.63. The lowest BCUT2D eigenvalue weighted by molar-refractivity contribution is -0.189. The Balaban J connectivity index is 4.81. The summed E-state index contributed by atoms with van der Waals surface area (Å²) in [7, 11) is 0. The zero-order valence-electron chi connectivity index (χ0n) is 26.5. The summed E-state index contributed by atoms with van der Waals surface area (Å²) in [6.45, 7) is 9.80.